The fourth-order valence-corrected chi connectivity index (χ4v) is 5.42. The number of nitrogens with two attached hydrogens (primary N) is 1. The number of piperidine rings is 1. The summed E-state index contributed by atoms with van der Waals surface area (Å²) in [6.07, 6.45) is 2.87. The van der Waals surface area contributed by atoms with Crippen LogP contribution in [0.3, 0.4) is 0 Å². The molecule has 11 heteroatoms. The molecule has 4 heterocycles. The van der Waals surface area contributed by atoms with Gasteiger partial charge in [-0.1, -0.05) is 28.1 Å². The van der Waals surface area contributed by atoms with Crippen LogP contribution >= 0.6 is 15.9 Å². The molecule has 2 aromatic carbocycles. The van der Waals surface area contributed by atoms with E-state index in [0.717, 1.165) is 45.7 Å². The molecule has 10 nitrogen and oxygen atoms in total. The number of carbonyl (C=O) groups excluding carboxylic acids is 1. The number of carbonyl (C=O) groups is 1. The van der Waals surface area contributed by atoms with E-state index >= 15 is 0 Å². The number of methoxy groups -OCH3 is 1. The second-order valence-electron chi connectivity index (χ2n) is 9.78. The van der Waals surface area contributed by atoms with Gasteiger partial charge in [0.1, 0.15) is 23.6 Å². The summed E-state index contributed by atoms with van der Waals surface area (Å²) in [6.45, 7) is 1.43. The summed E-state index contributed by atoms with van der Waals surface area (Å²) in [5.41, 5.74) is 10.6. The Kier molecular flexibility index (Phi) is 7.43. The van der Waals surface area contributed by atoms with Gasteiger partial charge in [-0.3, -0.25) is 4.79 Å². The van der Waals surface area contributed by atoms with E-state index in [1.807, 2.05) is 66.7 Å². The van der Waals surface area contributed by atoms with E-state index in [0.29, 0.717) is 41.3 Å². The van der Waals surface area contributed by atoms with Gasteiger partial charge < -0.3 is 20.7 Å². The van der Waals surface area contributed by atoms with Gasteiger partial charge in [0.2, 0.25) is 5.91 Å². The molecule has 1 fully saturated rings. The Bertz CT molecular complexity index is 1710. The molecule has 41 heavy (non-hydrogen) atoms. The number of rotatable bonds is 6. The molecule has 206 valence electrons. The smallest absolute Gasteiger partial charge is 0.227 e. The number of nitrogen functional groups attached to an aromatic ring is 1. The Morgan fingerprint density at radius 2 is 1.80 bits per heavy atom. The fourth-order valence-electron chi connectivity index (χ4n) is 5.02. The molecular formula is C30H27BrN8O2. The SMILES string of the molecule is COc1ccc(NC(=O)C2CCN(c3ccc(-c4cc(-c5cccc(Br)c5)c5c(N)ncnc5n4)nn3)CC2)cc1. The molecule has 1 aliphatic rings. The van der Waals surface area contributed by atoms with Crippen LogP contribution in [-0.4, -0.2) is 51.3 Å². The van der Waals surface area contributed by atoms with E-state index in [1.165, 1.54) is 6.33 Å². The highest BCUT2D eigenvalue weighted by Gasteiger charge is 2.26. The Balaban J connectivity index is 1.17. The summed E-state index contributed by atoms with van der Waals surface area (Å²) in [5, 5.41) is 12.7. The quantitative estimate of drug-likeness (QED) is 0.261. The van der Waals surface area contributed by atoms with Crippen molar-refractivity contribution in [2.75, 3.05) is 36.1 Å². The molecule has 0 atom stereocenters. The van der Waals surface area contributed by atoms with Crippen molar-refractivity contribution < 1.29 is 9.53 Å². The molecule has 1 amide bonds. The van der Waals surface area contributed by atoms with Gasteiger partial charge in [0, 0.05) is 29.2 Å². The zero-order valence-corrected chi connectivity index (χ0v) is 23.9. The summed E-state index contributed by atoms with van der Waals surface area (Å²) in [5.74, 6) is 1.86. The monoisotopic (exact) mass is 610 g/mol. The minimum atomic E-state index is -0.0618. The highest BCUT2D eigenvalue weighted by molar-refractivity contribution is 9.10. The van der Waals surface area contributed by atoms with Crippen LogP contribution in [0.2, 0.25) is 0 Å². The first-order valence-electron chi connectivity index (χ1n) is 13.2. The van der Waals surface area contributed by atoms with Gasteiger partial charge in [0.05, 0.1) is 18.2 Å². The van der Waals surface area contributed by atoms with Crippen LogP contribution in [0.1, 0.15) is 12.8 Å². The Labute approximate surface area is 245 Å². The molecule has 3 aromatic heterocycles. The fraction of sp³-hybridized carbons (Fsp3) is 0.200. The number of hydrogen-bond acceptors (Lipinski definition) is 9. The molecule has 3 N–H and O–H groups in total. The maximum absolute atomic E-state index is 12.8. The van der Waals surface area contributed by atoms with Crippen LogP contribution in [0.5, 0.6) is 5.75 Å². The Hall–Kier alpha value is -4.64. The van der Waals surface area contributed by atoms with Crippen molar-refractivity contribution in [3.63, 3.8) is 0 Å². The normalized spacial score (nSPS) is 13.8. The van der Waals surface area contributed by atoms with Crippen molar-refractivity contribution in [2.45, 2.75) is 12.8 Å². The van der Waals surface area contributed by atoms with E-state index in [2.05, 4.69) is 46.3 Å². The summed E-state index contributed by atoms with van der Waals surface area (Å²) in [6, 6.07) is 21.1. The van der Waals surface area contributed by atoms with E-state index in [9.17, 15) is 4.79 Å². The molecule has 0 bridgehead atoms. The van der Waals surface area contributed by atoms with Crippen molar-refractivity contribution in [1.29, 1.82) is 0 Å². The Morgan fingerprint density at radius 1 is 1.00 bits per heavy atom. The van der Waals surface area contributed by atoms with Gasteiger partial charge in [0.25, 0.3) is 0 Å². The van der Waals surface area contributed by atoms with Crippen molar-refractivity contribution in [3.05, 3.63) is 77.5 Å². The topological polar surface area (TPSA) is 132 Å². The van der Waals surface area contributed by atoms with E-state index < -0.39 is 0 Å². The first kappa shape index (κ1) is 26.6. The lowest BCUT2D eigenvalue weighted by molar-refractivity contribution is -0.120. The summed E-state index contributed by atoms with van der Waals surface area (Å²) >= 11 is 3.55. The number of aromatic nitrogens is 5. The number of hydrogen-bond donors (Lipinski definition) is 2. The molecule has 0 unspecified atom stereocenters. The first-order chi connectivity index (χ1) is 20.0. The molecule has 5 aromatic rings. The highest BCUT2D eigenvalue weighted by Crippen LogP contribution is 2.34. The maximum Gasteiger partial charge on any atom is 0.227 e. The second-order valence-corrected chi connectivity index (χ2v) is 10.7. The zero-order chi connectivity index (χ0) is 28.3. The molecule has 0 spiro atoms. The van der Waals surface area contributed by atoms with Crippen LogP contribution in [0.15, 0.2) is 77.5 Å². The van der Waals surface area contributed by atoms with E-state index in [-0.39, 0.29) is 11.8 Å². The number of nitrogens with one attached hydrogen (secondary N) is 1. The number of fused-ring (bicyclic) bond motifs is 1. The lowest BCUT2D eigenvalue weighted by Crippen LogP contribution is -2.38. The number of nitrogens with zero attached hydrogens (tertiary/aromatic N) is 6. The van der Waals surface area contributed by atoms with E-state index in [1.54, 1.807) is 7.11 Å². The largest absolute Gasteiger partial charge is 0.497 e. The van der Waals surface area contributed by atoms with Crippen molar-refractivity contribution in [3.8, 4) is 28.3 Å². The third-order valence-corrected chi connectivity index (χ3v) is 7.72. The zero-order valence-electron chi connectivity index (χ0n) is 22.3. The third-order valence-electron chi connectivity index (χ3n) is 7.23. The number of benzene rings is 2. The summed E-state index contributed by atoms with van der Waals surface area (Å²) < 4.78 is 6.13. The predicted octanol–water partition coefficient (Wildman–Crippen LogP) is 5.36. The van der Waals surface area contributed by atoms with Gasteiger partial charge in [-0.2, -0.15) is 0 Å². The van der Waals surface area contributed by atoms with Crippen LogP contribution < -0.4 is 20.7 Å². The van der Waals surface area contributed by atoms with Gasteiger partial charge in [-0.15, -0.1) is 10.2 Å². The standard InChI is InChI=1S/C30H27BrN8O2/c1-41-22-7-5-21(6-8-22)35-30(40)18-11-13-39(14-12-18)26-10-9-24(37-38-26)25-16-23(19-3-2-4-20(31)15-19)27-28(32)33-17-34-29(27)36-25/h2-10,15-18H,11-14H2,1H3,(H,35,40)(H2,32,33,34,36). The molecule has 1 saturated heterocycles. The number of pyridine rings is 1. The maximum atomic E-state index is 12.8. The number of anilines is 3. The second kappa shape index (κ2) is 11.5. The highest BCUT2D eigenvalue weighted by atomic mass is 79.9. The molecule has 0 saturated carbocycles. The minimum absolute atomic E-state index is 0.0318. The average Bonchev–Trinajstić information content (AvgIpc) is 3.01. The first-order valence-corrected chi connectivity index (χ1v) is 14.0. The third kappa shape index (κ3) is 5.66. The van der Waals surface area contributed by atoms with Crippen molar-refractivity contribution >= 4 is 50.2 Å². The number of ether oxygens (including phenoxy) is 1. The van der Waals surface area contributed by atoms with Crippen LogP contribution in [0, 0.1) is 5.92 Å². The lowest BCUT2D eigenvalue weighted by atomic mass is 9.95. The molecule has 0 radical (unpaired) electrons. The van der Waals surface area contributed by atoms with Crippen LogP contribution in [0.25, 0.3) is 33.5 Å². The minimum Gasteiger partial charge on any atom is -0.497 e. The van der Waals surface area contributed by atoms with Gasteiger partial charge in [-0.25, -0.2) is 15.0 Å². The average molecular weight is 612 g/mol. The Morgan fingerprint density at radius 3 is 2.51 bits per heavy atom. The number of amides is 1. The van der Waals surface area contributed by atoms with Gasteiger partial charge >= 0.3 is 0 Å². The van der Waals surface area contributed by atoms with Crippen LogP contribution in [0.4, 0.5) is 17.3 Å². The lowest BCUT2D eigenvalue weighted by Gasteiger charge is -2.31. The number of halogens is 1. The predicted molar refractivity (Wildman–Crippen MR) is 162 cm³/mol. The van der Waals surface area contributed by atoms with Gasteiger partial charge in [-0.05, 0) is 78.6 Å². The molecule has 0 aliphatic carbocycles. The molecular weight excluding hydrogens is 584 g/mol. The van der Waals surface area contributed by atoms with Gasteiger partial charge in [0.15, 0.2) is 11.5 Å². The summed E-state index contributed by atoms with van der Waals surface area (Å²) in [4.78, 5) is 28.2. The molecule has 6 rings (SSSR count). The van der Waals surface area contributed by atoms with Crippen LogP contribution in [-0.2, 0) is 4.79 Å². The summed E-state index contributed by atoms with van der Waals surface area (Å²) in [7, 11) is 1.62. The van der Waals surface area contributed by atoms with Crippen molar-refractivity contribution in [1.82, 2.24) is 25.1 Å². The molecule has 1 aliphatic heterocycles. The van der Waals surface area contributed by atoms with Crippen molar-refractivity contribution in [2.24, 2.45) is 5.92 Å². The van der Waals surface area contributed by atoms with E-state index in [4.69, 9.17) is 15.5 Å².